The Morgan fingerprint density at radius 1 is 1.28 bits per heavy atom. The van der Waals surface area contributed by atoms with Gasteiger partial charge in [-0.3, -0.25) is 0 Å². The summed E-state index contributed by atoms with van der Waals surface area (Å²) in [6, 6.07) is 7.05. The molecule has 1 nitrogen and oxygen atoms in total. The molecule has 0 aliphatic rings. The largest absolute Gasteiger partial charge is 0.305 e. The standard InChI is InChI=1S/C14H18BrNS2/c1-4-10-6-7-12(18-10)13(16-5-2)14-11(15)8-9(3)17-14/h6-8,13,16H,4-5H2,1-3H3. The number of aryl methyl sites for hydroxylation is 2. The maximum absolute atomic E-state index is 3.68. The van der Waals surface area contributed by atoms with E-state index in [0.29, 0.717) is 6.04 Å². The molecule has 2 rings (SSSR count). The topological polar surface area (TPSA) is 12.0 Å². The molecule has 18 heavy (non-hydrogen) atoms. The van der Waals surface area contributed by atoms with Crippen LogP contribution in [0, 0.1) is 6.92 Å². The van der Waals surface area contributed by atoms with E-state index in [2.05, 4.69) is 60.2 Å². The third kappa shape index (κ3) is 3.05. The van der Waals surface area contributed by atoms with Crippen molar-refractivity contribution in [2.45, 2.75) is 33.2 Å². The van der Waals surface area contributed by atoms with Gasteiger partial charge in [0.15, 0.2) is 0 Å². The zero-order valence-electron chi connectivity index (χ0n) is 10.9. The first kappa shape index (κ1) is 14.3. The van der Waals surface area contributed by atoms with E-state index in [1.54, 1.807) is 0 Å². The highest BCUT2D eigenvalue weighted by molar-refractivity contribution is 9.10. The van der Waals surface area contributed by atoms with Gasteiger partial charge in [-0.05, 0) is 54.0 Å². The highest BCUT2D eigenvalue weighted by atomic mass is 79.9. The van der Waals surface area contributed by atoms with Crippen LogP contribution in [0.3, 0.4) is 0 Å². The molecule has 0 bridgehead atoms. The van der Waals surface area contributed by atoms with Crippen molar-refractivity contribution in [3.8, 4) is 0 Å². The Kier molecular flexibility index (Phi) is 5.01. The van der Waals surface area contributed by atoms with E-state index in [1.807, 2.05) is 22.7 Å². The quantitative estimate of drug-likeness (QED) is 0.792. The highest BCUT2D eigenvalue weighted by Gasteiger charge is 2.19. The normalized spacial score (nSPS) is 12.9. The first-order valence-corrected chi connectivity index (χ1v) is 8.66. The van der Waals surface area contributed by atoms with Gasteiger partial charge >= 0.3 is 0 Å². The molecule has 0 saturated carbocycles. The minimum Gasteiger partial charge on any atom is -0.305 e. The summed E-state index contributed by atoms with van der Waals surface area (Å²) in [5.74, 6) is 0. The van der Waals surface area contributed by atoms with Crippen molar-refractivity contribution in [3.05, 3.63) is 42.2 Å². The average Bonchev–Trinajstić information content (AvgIpc) is 2.93. The summed E-state index contributed by atoms with van der Waals surface area (Å²) in [7, 11) is 0. The fourth-order valence-corrected chi connectivity index (χ4v) is 5.05. The smallest absolute Gasteiger partial charge is 0.0776 e. The van der Waals surface area contributed by atoms with Crippen LogP contribution in [0.15, 0.2) is 22.7 Å². The molecule has 0 aromatic carbocycles. The van der Waals surface area contributed by atoms with Crippen molar-refractivity contribution < 1.29 is 0 Å². The number of nitrogens with one attached hydrogen (secondary N) is 1. The zero-order chi connectivity index (χ0) is 13.1. The lowest BCUT2D eigenvalue weighted by molar-refractivity contribution is 0.647. The summed E-state index contributed by atoms with van der Waals surface area (Å²) in [5, 5.41) is 3.60. The van der Waals surface area contributed by atoms with Gasteiger partial charge in [0.05, 0.1) is 6.04 Å². The van der Waals surface area contributed by atoms with E-state index in [0.717, 1.165) is 13.0 Å². The van der Waals surface area contributed by atoms with E-state index >= 15 is 0 Å². The lowest BCUT2D eigenvalue weighted by atomic mass is 10.2. The lowest BCUT2D eigenvalue weighted by Crippen LogP contribution is -2.20. The molecule has 2 heterocycles. The summed E-state index contributed by atoms with van der Waals surface area (Å²) in [4.78, 5) is 5.61. The summed E-state index contributed by atoms with van der Waals surface area (Å²) in [6.45, 7) is 7.51. The number of halogens is 1. The van der Waals surface area contributed by atoms with Crippen molar-refractivity contribution in [1.82, 2.24) is 5.32 Å². The molecular formula is C14H18BrNS2. The molecule has 1 atom stereocenters. The molecule has 4 heteroatoms. The molecule has 0 radical (unpaired) electrons. The zero-order valence-corrected chi connectivity index (χ0v) is 14.1. The summed E-state index contributed by atoms with van der Waals surface area (Å²) < 4.78 is 1.22. The minimum absolute atomic E-state index is 0.327. The summed E-state index contributed by atoms with van der Waals surface area (Å²) in [5.41, 5.74) is 0. The molecule has 1 N–H and O–H groups in total. The third-order valence-corrected chi connectivity index (χ3v) is 6.15. The van der Waals surface area contributed by atoms with Gasteiger partial charge < -0.3 is 5.32 Å². The second kappa shape index (κ2) is 6.33. The fourth-order valence-electron chi connectivity index (χ4n) is 1.96. The number of hydrogen-bond donors (Lipinski definition) is 1. The summed E-state index contributed by atoms with van der Waals surface area (Å²) in [6.07, 6.45) is 1.12. The second-order valence-electron chi connectivity index (χ2n) is 4.22. The van der Waals surface area contributed by atoms with Crippen LogP contribution in [-0.2, 0) is 6.42 Å². The van der Waals surface area contributed by atoms with Gasteiger partial charge in [-0.1, -0.05) is 13.8 Å². The van der Waals surface area contributed by atoms with Gasteiger partial charge in [0, 0.05) is 24.0 Å². The van der Waals surface area contributed by atoms with Crippen molar-refractivity contribution in [3.63, 3.8) is 0 Å². The molecule has 0 spiro atoms. The maximum atomic E-state index is 3.68. The Labute approximate surface area is 125 Å². The SMILES string of the molecule is CCNC(c1ccc(CC)s1)c1sc(C)cc1Br. The predicted molar refractivity (Wildman–Crippen MR) is 86.0 cm³/mol. The molecule has 2 aromatic rings. The highest BCUT2D eigenvalue weighted by Crippen LogP contribution is 2.37. The number of rotatable bonds is 5. The van der Waals surface area contributed by atoms with Crippen LogP contribution < -0.4 is 5.32 Å². The monoisotopic (exact) mass is 343 g/mol. The van der Waals surface area contributed by atoms with Crippen LogP contribution in [-0.4, -0.2) is 6.54 Å². The van der Waals surface area contributed by atoms with Crippen LogP contribution in [0.4, 0.5) is 0 Å². The molecule has 98 valence electrons. The van der Waals surface area contributed by atoms with Gasteiger partial charge in [0.25, 0.3) is 0 Å². The first-order chi connectivity index (χ1) is 8.65. The molecule has 0 fully saturated rings. The minimum atomic E-state index is 0.327. The Bertz CT molecular complexity index is 516. The molecule has 0 aliphatic carbocycles. The van der Waals surface area contributed by atoms with Crippen LogP contribution in [0.1, 0.15) is 39.4 Å². The molecule has 0 amide bonds. The van der Waals surface area contributed by atoms with Gasteiger partial charge in [-0.15, -0.1) is 22.7 Å². The number of thiophene rings is 2. The van der Waals surface area contributed by atoms with Crippen molar-refractivity contribution in [1.29, 1.82) is 0 Å². The van der Waals surface area contributed by atoms with Crippen molar-refractivity contribution >= 4 is 38.6 Å². The van der Waals surface area contributed by atoms with E-state index in [9.17, 15) is 0 Å². The molecule has 0 aliphatic heterocycles. The van der Waals surface area contributed by atoms with E-state index in [1.165, 1.54) is 24.0 Å². The summed E-state index contributed by atoms with van der Waals surface area (Å²) >= 11 is 7.47. The Balaban J connectivity index is 2.36. The fraction of sp³-hybridized carbons (Fsp3) is 0.429. The third-order valence-electron chi connectivity index (χ3n) is 2.82. The van der Waals surface area contributed by atoms with E-state index in [4.69, 9.17) is 0 Å². The molecule has 2 aromatic heterocycles. The van der Waals surface area contributed by atoms with Gasteiger partial charge in [-0.25, -0.2) is 0 Å². The first-order valence-electron chi connectivity index (χ1n) is 6.23. The van der Waals surface area contributed by atoms with Gasteiger partial charge in [0.2, 0.25) is 0 Å². The predicted octanol–water partition coefficient (Wildman–Crippen LogP) is 5.14. The van der Waals surface area contributed by atoms with Crippen LogP contribution in [0.5, 0.6) is 0 Å². The van der Waals surface area contributed by atoms with E-state index in [-0.39, 0.29) is 0 Å². The van der Waals surface area contributed by atoms with Crippen LogP contribution in [0.25, 0.3) is 0 Å². The van der Waals surface area contributed by atoms with Crippen molar-refractivity contribution in [2.75, 3.05) is 6.54 Å². The Hall–Kier alpha value is -0.160. The van der Waals surface area contributed by atoms with Gasteiger partial charge in [0.1, 0.15) is 0 Å². The molecule has 1 unspecified atom stereocenters. The second-order valence-corrected chi connectivity index (χ2v) is 7.56. The Morgan fingerprint density at radius 3 is 2.56 bits per heavy atom. The lowest BCUT2D eigenvalue weighted by Gasteiger charge is -2.15. The van der Waals surface area contributed by atoms with Crippen molar-refractivity contribution in [2.24, 2.45) is 0 Å². The maximum Gasteiger partial charge on any atom is 0.0776 e. The van der Waals surface area contributed by atoms with E-state index < -0.39 is 0 Å². The average molecular weight is 344 g/mol. The van der Waals surface area contributed by atoms with Gasteiger partial charge in [-0.2, -0.15) is 0 Å². The van der Waals surface area contributed by atoms with Crippen LogP contribution in [0.2, 0.25) is 0 Å². The number of hydrogen-bond acceptors (Lipinski definition) is 3. The van der Waals surface area contributed by atoms with Crippen LogP contribution >= 0.6 is 38.6 Å². The molecule has 0 saturated heterocycles. The Morgan fingerprint density at radius 2 is 2.06 bits per heavy atom. The molecular weight excluding hydrogens is 326 g/mol.